The van der Waals surface area contributed by atoms with E-state index in [0.717, 1.165) is 6.92 Å². The number of primary amides is 1. The van der Waals surface area contributed by atoms with Crippen LogP contribution in [0.3, 0.4) is 0 Å². The number of para-hydroxylation sites is 1. The van der Waals surface area contributed by atoms with Gasteiger partial charge in [0.1, 0.15) is 36.0 Å². The molecule has 2 aromatic carbocycles. The number of nitrogens with two attached hydrogens (primary N) is 2. The second kappa shape index (κ2) is 25.6. The van der Waals surface area contributed by atoms with Gasteiger partial charge in [-0.25, -0.2) is 9.78 Å². The average molecular weight is 952 g/mol. The summed E-state index contributed by atoms with van der Waals surface area (Å²) in [5.74, 6) is -7.65. The summed E-state index contributed by atoms with van der Waals surface area (Å²) in [6, 6.07) is 2.36. The number of amides is 7. The lowest BCUT2D eigenvalue weighted by molar-refractivity contribution is -0.145. The number of hydrogen-bond acceptors (Lipinski definition) is 14. The Bertz CT molecular complexity index is 2330. The molecule has 2 heterocycles. The number of carbonyl (C=O) groups is 8. The number of benzene rings is 2. The molecule has 23 nitrogen and oxygen atoms in total. The number of aliphatic hydroxyl groups is 2. The number of fused-ring (bicyclic) bond motifs is 1. The lowest BCUT2D eigenvalue weighted by Crippen LogP contribution is -2.61. The molecule has 4 aromatic rings. The Hall–Kier alpha value is -7.02. The molecule has 67 heavy (non-hydrogen) atoms. The molecular formula is C43H57N11O12S. The number of aromatic amines is 2. The summed E-state index contributed by atoms with van der Waals surface area (Å²) < 4.78 is 0. The first-order valence-electron chi connectivity index (χ1n) is 21.1. The third kappa shape index (κ3) is 16.1. The monoisotopic (exact) mass is 951 g/mol. The van der Waals surface area contributed by atoms with Gasteiger partial charge in [0.2, 0.25) is 41.4 Å². The first-order valence-corrected chi connectivity index (χ1v) is 22.5. The van der Waals surface area contributed by atoms with Crippen LogP contribution in [0.2, 0.25) is 0 Å². The van der Waals surface area contributed by atoms with Crippen molar-refractivity contribution in [3.63, 3.8) is 0 Å². The zero-order chi connectivity index (χ0) is 49.2. The summed E-state index contributed by atoms with van der Waals surface area (Å²) >= 11 is 1.32. The first-order chi connectivity index (χ1) is 31.9. The number of aliphatic hydroxyl groups excluding tert-OH is 2. The average Bonchev–Trinajstić information content (AvgIpc) is 3.96. The molecule has 4 rings (SSSR count). The van der Waals surface area contributed by atoms with Crippen molar-refractivity contribution in [3.8, 4) is 5.75 Å². The second-order valence-electron chi connectivity index (χ2n) is 15.7. The number of phenolic OH excluding ortho intramolecular Hbond substituents is 1. The topological polar surface area (TPSA) is 386 Å². The van der Waals surface area contributed by atoms with E-state index in [1.54, 1.807) is 36.7 Å². The quantitative estimate of drug-likeness (QED) is 0.0290. The Balaban J connectivity index is 1.57. The number of nitrogens with one attached hydrogen (secondary N) is 8. The number of carbonyl (C=O) groups excluding carboxylic acids is 7. The molecular weight excluding hydrogens is 895 g/mol. The van der Waals surface area contributed by atoms with E-state index in [1.807, 2.05) is 0 Å². The molecule has 0 radical (unpaired) electrons. The number of carboxylic acids is 1. The maximum absolute atomic E-state index is 14.2. The number of aromatic nitrogens is 3. The summed E-state index contributed by atoms with van der Waals surface area (Å²) in [5.41, 5.74) is 13.7. The van der Waals surface area contributed by atoms with Crippen molar-refractivity contribution in [2.24, 2.45) is 11.5 Å². The lowest BCUT2D eigenvalue weighted by atomic mass is 10.0. The summed E-state index contributed by atoms with van der Waals surface area (Å²) in [6.45, 7) is 0.163. The molecule has 0 unspecified atom stereocenters. The van der Waals surface area contributed by atoms with E-state index in [2.05, 4.69) is 46.9 Å². The normalized spacial score (nSPS) is 14.8. The van der Waals surface area contributed by atoms with Crippen LogP contribution in [0.5, 0.6) is 5.75 Å². The van der Waals surface area contributed by atoms with E-state index in [-0.39, 0.29) is 44.3 Å². The number of rotatable bonds is 27. The highest BCUT2D eigenvalue weighted by molar-refractivity contribution is 7.98. The summed E-state index contributed by atoms with van der Waals surface area (Å²) in [6.07, 6.45) is 3.70. The van der Waals surface area contributed by atoms with Crippen LogP contribution in [-0.4, -0.2) is 150 Å². The molecule has 0 aliphatic heterocycles. The van der Waals surface area contributed by atoms with Crippen molar-refractivity contribution in [2.45, 2.75) is 93.8 Å². The van der Waals surface area contributed by atoms with Crippen molar-refractivity contribution >= 4 is 70.0 Å². The van der Waals surface area contributed by atoms with Gasteiger partial charge in [0, 0.05) is 54.7 Å². The molecule has 8 atom stereocenters. The number of aromatic hydroxyl groups is 1. The molecule has 362 valence electrons. The van der Waals surface area contributed by atoms with Gasteiger partial charge >= 0.3 is 5.97 Å². The fraction of sp³-hybridized carbons (Fsp3) is 0.419. The Kier molecular flexibility index (Phi) is 20.1. The highest BCUT2D eigenvalue weighted by Gasteiger charge is 2.35. The minimum atomic E-state index is -1.74. The fourth-order valence-corrected chi connectivity index (χ4v) is 7.27. The van der Waals surface area contributed by atoms with Gasteiger partial charge < -0.3 is 73.8 Å². The second-order valence-corrected chi connectivity index (χ2v) is 16.6. The van der Waals surface area contributed by atoms with Gasteiger partial charge in [-0.2, -0.15) is 11.8 Å². The molecule has 0 aliphatic carbocycles. The molecule has 0 saturated heterocycles. The zero-order valence-electron chi connectivity index (χ0n) is 36.7. The Labute approximate surface area is 388 Å². The van der Waals surface area contributed by atoms with Gasteiger partial charge in [0.05, 0.1) is 25.1 Å². The highest BCUT2D eigenvalue weighted by Crippen LogP contribution is 2.20. The molecule has 16 N–H and O–H groups in total. The molecule has 2 aromatic heterocycles. The van der Waals surface area contributed by atoms with Crippen LogP contribution in [0.1, 0.15) is 43.0 Å². The summed E-state index contributed by atoms with van der Waals surface area (Å²) in [4.78, 5) is 116. The third-order valence-electron chi connectivity index (χ3n) is 10.5. The predicted molar refractivity (Wildman–Crippen MR) is 243 cm³/mol. The van der Waals surface area contributed by atoms with Crippen LogP contribution in [0.15, 0.2) is 67.3 Å². The van der Waals surface area contributed by atoms with E-state index < -0.39 is 102 Å². The molecule has 24 heteroatoms. The van der Waals surface area contributed by atoms with Crippen LogP contribution >= 0.6 is 11.8 Å². The van der Waals surface area contributed by atoms with Crippen LogP contribution < -0.4 is 43.4 Å². The minimum absolute atomic E-state index is 0.0208. The van der Waals surface area contributed by atoms with Gasteiger partial charge in [-0.1, -0.05) is 30.3 Å². The van der Waals surface area contributed by atoms with Crippen molar-refractivity contribution in [1.29, 1.82) is 0 Å². The Morgan fingerprint density at radius 2 is 1.30 bits per heavy atom. The summed E-state index contributed by atoms with van der Waals surface area (Å²) in [7, 11) is 0. The van der Waals surface area contributed by atoms with E-state index >= 15 is 0 Å². The zero-order valence-corrected chi connectivity index (χ0v) is 37.5. The van der Waals surface area contributed by atoms with E-state index in [1.165, 1.54) is 48.6 Å². The van der Waals surface area contributed by atoms with E-state index in [0.29, 0.717) is 33.5 Å². The van der Waals surface area contributed by atoms with Gasteiger partial charge in [0.15, 0.2) is 6.04 Å². The first kappa shape index (κ1) is 52.6. The number of phenols is 1. The Morgan fingerprint density at radius 3 is 1.90 bits per heavy atom. The maximum atomic E-state index is 14.2. The fourth-order valence-electron chi connectivity index (χ4n) is 6.80. The SMILES string of the molecule is CSCC[C@H](NC(=O)[C@H](CO)NC(=O)[C@H](Cc1c[nH]c2ccccc12)NC(=O)[C@H](CCC(N)=O)NC(=O)[C@@H](N)Cc1cnc[nH]1)C(=O)N[C@@H](Cc1ccc(O)cc1)C(=O)N[C@H](C(=O)O)[C@@H](C)O. The van der Waals surface area contributed by atoms with Crippen molar-refractivity contribution in [2.75, 3.05) is 18.6 Å². The molecule has 0 spiro atoms. The molecule has 7 amide bonds. The molecule has 0 bridgehead atoms. The predicted octanol–water partition coefficient (Wildman–Crippen LogP) is -2.66. The largest absolute Gasteiger partial charge is 0.508 e. The number of carboxylic acid groups (broad SMARTS) is 1. The van der Waals surface area contributed by atoms with Gasteiger partial charge in [0.25, 0.3) is 0 Å². The van der Waals surface area contributed by atoms with E-state index in [9.17, 15) is 58.8 Å². The number of thioether (sulfide) groups is 1. The van der Waals surface area contributed by atoms with Crippen LogP contribution in [0.4, 0.5) is 0 Å². The lowest BCUT2D eigenvalue weighted by Gasteiger charge is -2.27. The number of hydrogen-bond donors (Lipinski definition) is 14. The van der Waals surface area contributed by atoms with Crippen LogP contribution in [-0.2, 0) is 57.6 Å². The maximum Gasteiger partial charge on any atom is 0.328 e. The van der Waals surface area contributed by atoms with E-state index in [4.69, 9.17) is 11.5 Å². The number of imidazole rings is 1. The van der Waals surface area contributed by atoms with Crippen LogP contribution in [0, 0.1) is 0 Å². The van der Waals surface area contributed by atoms with Gasteiger partial charge in [-0.3, -0.25) is 33.6 Å². The number of aliphatic carboxylic acids is 1. The van der Waals surface area contributed by atoms with Crippen molar-refractivity contribution < 1.29 is 58.8 Å². The third-order valence-corrected chi connectivity index (χ3v) is 11.1. The van der Waals surface area contributed by atoms with Gasteiger partial charge in [-0.15, -0.1) is 0 Å². The molecule has 0 aliphatic rings. The number of nitrogens with zero attached hydrogens (tertiary/aromatic N) is 1. The standard InChI is InChI=1S/C43H57N11O12S/c1-22(56)36(43(65)66)54-41(63)32(15-23-7-9-26(57)10-8-23)51-39(61)31(13-14-67-2)50-42(64)34(20-55)53-40(62)33(16-24-18-47-29-6-4-3-5-27(24)29)52-38(60)30(11-12-35(45)58)49-37(59)28(44)17-25-19-46-21-48-25/h3-10,18-19,21-22,28,30-34,36,47,55-57H,11-17,20,44H2,1-2H3,(H2,45,58)(H,46,48)(H,49,59)(H,50,64)(H,51,61)(H,52,60)(H,53,62)(H,54,63)(H,65,66)/t22-,28+,30+,31+,32+,33+,34+,36+/m1/s1. The molecule has 0 fully saturated rings. The smallest absolute Gasteiger partial charge is 0.328 e. The van der Waals surface area contributed by atoms with Crippen molar-refractivity contribution in [3.05, 3.63) is 84.1 Å². The highest BCUT2D eigenvalue weighted by atomic mass is 32.2. The minimum Gasteiger partial charge on any atom is -0.508 e. The molecule has 0 saturated carbocycles. The number of H-pyrrole nitrogens is 2. The van der Waals surface area contributed by atoms with Crippen LogP contribution in [0.25, 0.3) is 10.9 Å². The Morgan fingerprint density at radius 1 is 0.731 bits per heavy atom. The van der Waals surface area contributed by atoms with Gasteiger partial charge in [-0.05, 0) is 61.1 Å². The van der Waals surface area contributed by atoms with Crippen molar-refractivity contribution in [1.82, 2.24) is 46.9 Å². The summed E-state index contributed by atoms with van der Waals surface area (Å²) in [5, 5.41) is 55.3.